The lowest BCUT2D eigenvalue weighted by atomic mass is 10.1. The van der Waals surface area contributed by atoms with Crippen LogP contribution in [0.3, 0.4) is 0 Å². The quantitative estimate of drug-likeness (QED) is 0.555. The number of nitrogens with zero attached hydrogens (tertiary/aromatic N) is 2. The molecule has 2 aromatic heterocycles. The van der Waals surface area contributed by atoms with Crippen LogP contribution < -0.4 is 0 Å². The van der Waals surface area contributed by atoms with E-state index < -0.39 is 16.0 Å². The molecule has 1 aromatic carbocycles. The fourth-order valence-electron chi connectivity index (χ4n) is 3.51. The molecule has 1 saturated heterocycles. The number of carbonyl (C=O) groups is 1. The molecule has 0 bridgehead atoms. The zero-order chi connectivity index (χ0) is 20.4. The summed E-state index contributed by atoms with van der Waals surface area (Å²) >= 11 is 1.23. The summed E-state index contributed by atoms with van der Waals surface area (Å²) in [6.07, 6.45) is 0. The number of hydrogen-bond donors (Lipinski definition) is 0. The fraction of sp³-hybridized carbons (Fsp3) is 0.350. The van der Waals surface area contributed by atoms with Gasteiger partial charge in [0.25, 0.3) is 10.0 Å². The van der Waals surface area contributed by atoms with Crippen molar-refractivity contribution in [3.8, 4) is 0 Å². The molecule has 7 nitrogen and oxygen atoms in total. The number of benzene rings is 1. The normalized spacial score (nSPS) is 16.3. The summed E-state index contributed by atoms with van der Waals surface area (Å²) < 4.78 is 38.2. The number of thiophene rings is 1. The SMILES string of the molecule is CCOC(=O)c1oc2ccccc2c1CN1CCN(S(=O)(=O)c2cccs2)CC1. The van der Waals surface area contributed by atoms with Gasteiger partial charge in [-0.15, -0.1) is 11.3 Å². The Labute approximate surface area is 173 Å². The lowest BCUT2D eigenvalue weighted by Gasteiger charge is -2.33. The molecule has 0 radical (unpaired) electrons. The summed E-state index contributed by atoms with van der Waals surface area (Å²) in [6, 6.07) is 10.9. The molecule has 29 heavy (non-hydrogen) atoms. The molecule has 9 heteroatoms. The Hall–Kier alpha value is -2.20. The van der Waals surface area contributed by atoms with Crippen LogP contribution in [-0.2, 0) is 21.3 Å². The van der Waals surface area contributed by atoms with E-state index in [1.807, 2.05) is 24.3 Å². The lowest BCUT2D eigenvalue weighted by molar-refractivity contribution is 0.0488. The first-order valence-corrected chi connectivity index (χ1v) is 11.8. The van der Waals surface area contributed by atoms with E-state index in [-0.39, 0.29) is 12.4 Å². The maximum Gasteiger partial charge on any atom is 0.374 e. The maximum absolute atomic E-state index is 12.7. The molecule has 0 spiro atoms. The standard InChI is InChI=1S/C20H22N2O5S2/c1-2-26-20(23)19-16(15-6-3-4-7-17(15)27-19)14-21-9-11-22(12-10-21)29(24,25)18-8-5-13-28-18/h3-8,13H,2,9-12,14H2,1H3. The van der Waals surface area contributed by atoms with Crippen molar-refractivity contribution >= 4 is 38.3 Å². The number of hydrogen-bond acceptors (Lipinski definition) is 7. The van der Waals surface area contributed by atoms with Gasteiger partial charge in [0, 0.05) is 43.7 Å². The van der Waals surface area contributed by atoms with Crippen LogP contribution in [0.15, 0.2) is 50.4 Å². The number of sulfonamides is 1. The molecule has 3 heterocycles. The van der Waals surface area contributed by atoms with Crippen molar-refractivity contribution in [2.24, 2.45) is 0 Å². The molecule has 3 aromatic rings. The van der Waals surface area contributed by atoms with E-state index in [1.54, 1.807) is 24.4 Å². The molecule has 1 fully saturated rings. The zero-order valence-electron chi connectivity index (χ0n) is 16.0. The highest BCUT2D eigenvalue weighted by atomic mass is 32.2. The Balaban J connectivity index is 1.52. The third-order valence-corrected chi connectivity index (χ3v) is 8.23. The van der Waals surface area contributed by atoms with Crippen molar-refractivity contribution < 1.29 is 22.4 Å². The van der Waals surface area contributed by atoms with Gasteiger partial charge >= 0.3 is 5.97 Å². The van der Waals surface area contributed by atoms with Gasteiger partial charge in [0.2, 0.25) is 5.76 Å². The second kappa shape index (κ2) is 8.27. The van der Waals surface area contributed by atoms with E-state index >= 15 is 0 Å². The van der Waals surface area contributed by atoms with Gasteiger partial charge in [-0.2, -0.15) is 4.31 Å². The third-order valence-electron chi connectivity index (χ3n) is 4.96. The summed E-state index contributed by atoms with van der Waals surface area (Å²) in [6.45, 7) is 4.49. The monoisotopic (exact) mass is 434 g/mol. The molecule has 0 atom stereocenters. The van der Waals surface area contributed by atoms with Crippen LogP contribution >= 0.6 is 11.3 Å². The fourth-order valence-corrected chi connectivity index (χ4v) is 6.07. The molecule has 0 amide bonds. The van der Waals surface area contributed by atoms with Crippen LogP contribution in [0, 0.1) is 0 Å². The molecular formula is C20H22N2O5S2. The molecule has 154 valence electrons. The maximum atomic E-state index is 12.7. The number of para-hydroxylation sites is 1. The van der Waals surface area contributed by atoms with E-state index in [4.69, 9.17) is 9.15 Å². The van der Waals surface area contributed by atoms with Crippen LogP contribution in [-0.4, -0.2) is 56.4 Å². The number of esters is 1. The third kappa shape index (κ3) is 3.95. The van der Waals surface area contributed by atoms with Gasteiger partial charge < -0.3 is 9.15 Å². The Morgan fingerprint density at radius 3 is 2.59 bits per heavy atom. The first kappa shape index (κ1) is 20.1. The average Bonchev–Trinajstić information content (AvgIpc) is 3.38. The smallest absolute Gasteiger partial charge is 0.374 e. The number of carbonyl (C=O) groups excluding carboxylic acids is 1. The number of piperazine rings is 1. The molecule has 4 rings (SSSR count). The Morgan fingerprint density at radius 1 is 1.14 bits per heavy atom. The van der Waals surface area contributed by atoms with E-state index in [2.05, 4.69) is 4.90 Å². The number of rotatable bonds is 6. The summed E-state index contributed by atoms with van der Waals surface area (Å²) in [4.78, 5) is 14.5. The van der Waals surface area contributed by atoms with Crippen molar-refractivity contribution in [3.05, 3.63) is 53.1 Å². The first-order chi connectivity index (χ1) is 14.0. The molecule has 1 aliphatic rings. The number of ether oxygens (including phenoxy) is 1. The van der Waals surface area contributed by atoms with Gasteiger partial charge in [0.1, 0.15) is 9.79 Å². The van der Waals surface area contributed by atoms with Crippen molar-refractivity contribution in [1.29, 1.82) is 0 Å². The Bertz CT molecular complexity index is 1100. The minimum Gasteiger partial charge on any atom is -0.460 e. The van der Waals surface area contributed by atoms with Crippen LogP contribution in [0.1, 0.15) is 23.0 Å². The first-order valence-electron chi connectivity index (χ1n) is 9.44. The van der Waals surface area contributed by atoms with Gasteiger partial charge in [-0.25, -0.2) is 13.2 Å². The predicted octanol–water partition coefficient (Wildman–Crippen LogP) is 3.18. The number of furan rings is 1. The lowest BCUT2D eigenvalue weighted by Crippen LogP contribution is -2.48. The molecule has 0 aliphatic carbocycles. The minimum absolute atomic E-state index is 0.224. The van der Waals surface area contributed by atoms with Crippen LogP contribution in [0.25, 0.3) is 11.0 Å². The predicted molar refractivity (Wildman–Crippen MR) is 111 cm³/mol. The topological polar surface area (TPSA) is 80.1 Å². The van der Waals surface area contributed by atoms with Crippen molar-refractivity contribution in [2.75, 3.05) is 32.8 Å². The Kier molecular flexibility index (Phi) is 5.73. The molecule has 1 aliphatic heterocycles. The van der Waals surface area contributed by atoms with E-state index in [0.29, 0.717) is 42.5 Å². The summed E-state index contributed by atoms with van der Waals surface area (Å²) in [5.74, 6) is -0.251. The van der Waals surface area contributed by atoms with Gasteiger partial charge in [-0.1, -0.05) is 24.3 Å². The van der Waals surface area contributed by atoms with Crippen molar-refractivity contribution in [1.82, 2.24) is 9.21 Å². The average molecular weight is 435 g/mol. The Morgan fingerprint density at radius 2 is 1.90 bits per heavy atom. The van der Waals surface area contributed by atoms with E-state index in [0.717, 1.165) is 10.9 Å². The second-order valence-corrected chi connectivity index (χ2v) is 9.85. The highest BCUT2D eigenvalue weighted by molar-refractivity contribution is 7.91. The molecule has 0 N–H and O–H groups in total. The van der Waals surface area contributed by atoms with Gasteiger partial charge in [-0.3, -0.25) is 4.90 Å². The molecule has 0 saturated carbocycles. The highest BCUT2D eigenvalue weighted by Gasteiger charge is 2.30. The summed E-state index contributed by atoms with van der Waals surface area (Å²) in [5.41, 5.74) is 1.43. The van der Waals surface area contributed by atoms with Gasteiger partial charge in [-0.05, 0) is 24.4 Å². The summed E-state index contributed by atoms with van der Waals surface area (Å²) in [5, 5.41) is 2.65. The van der Waals surface area contributed by atoms with Crippen molar-refractivity contribution in [2.45, 2.75) is 17.7 Å². The van der Waals surface area contributed by atoms with E-state index in [9.17, 15) is 13.2 Å². The molecule has 0 unspecified atom stereocenters. The van der Waals surface area contributed by atoms with Gasteiger partial charge in [0.15, 0.2) is 0 Å². The van der Waals surface area contributed by atoms with Crippen LogP contribution in [0.4, 0.5) is 0 Å². The highest BCUT2D eigenvalue weighted by Crippen LogP contribution is 2.29. The largest absolute Gasteiger partial charge is 0.460 e. The van der Waals surface area contributed by atoms with Crippen LogP contribution in [0.5, 0.6) is 0 Å². The zero-order valence-corrected chi connectivity index (χ0v) is 17.7. The number of fused-ring (bicyclic) bond motifs is 1. The van der Waals surface area contributed by atoms with Crippen molar-refractivity contribution in [3.63, 3.8) is 0 Å². The second-order valence-electron chi connectivity index (χ2n) is 6.74. The molecular weight excluding hydrogens is 412 g/mol. The minimum atomic E-state index is -3.44. The summed E-state index contributed by atoms with van der Waals surface area (Å²) in [7, 11) is -3.44. The van der Waals surface area contributed by atoms with Gasteiger partial charge in [0.05, 0.1) is 6.61 Å². The van der Waals surface area contributed by atoms with E-state index in [1.165, 1.54) is 15.6 Å². The van der Waals surface area contributed by atoms with Crippen LogP contribution in [0.2, 0.25) is 0 Å².